The Morgan fingerprint density at radius 1 is 1.53 bits per heavy atom. The predicted molar refractivity (Wildman–Crippen MR) is 56.4 cm³/mol. The second kappa shape index (κ2) is 4.27. The van der Waals surface area contributed by atoms with E-state index in [-0.39, 0.29) is 24.5 Å². The molecule has 1 aromatic rings. The van der Waals surface area contributed by atoms with Crippen LogP contribution < -0.4 is 15.2 Å². The van der Waals surface area contributed by atoms with E-state index in [9.17, 15) is 10.1 Å². The zero-order chi connectivity index (χ0) is 12.4. The van der Waals surface area contributed by atoms with E-state index in [1.807, 2.05) is 6.07 Å². The van der Waals surface area contributed by atoms with Crippen molar-refractivity contribution < 1.29 is 14.4 Å². The molecule has 1 aliphatic heterocycles. The molecule has 1 heterocycles. The Morgan fingerprint density at radius 3 is 2.76 bits per heavy atom. The summed E-state index contributed by atoms with van der Waals surface area (Å²) >= 11 is 0. The number of ether oxygens (including phenoxy) is 2. The third kappa shape index (κ3) is 1.98. The molecule has 0 radical (unpaired) electrons. The van der Waals surface area contributed by atoms with Crippen molar-refractivity contribution in [2.24, 2.45) is 5.73 Å². The quantitative estimate of drug-likeness (QED) is 0.623. The summed E-state index contributed by atoms with van der Waals surface area (Å²) in [5.41, 5.74) is 5.84. The third-order valence-corrected chi connectivity index (χ3v) is 2.43. The van der Waals surface area contributed by atoms with Gasteiger partial charge in [-0.05, 0) is 6.07 Å². The van der Waals surface area contributed by atoms with Crippen LogP contribution in [0.3, 0.4) is 0 Å². The highest BCUT2D eigenvalue weighted by Crippen LogP contribution is 2.40. The van der Waals surface area contributed by atoms with Crippen LogP contribution in [0.4, 0.5) is 5.69 Å². The van der Waals surface area contributed by atoms with Gasteiger partial charge in [0, 0.05) is 6.04 Å². The van der Waals surface area contributed by atoms with Gasteiger partial charge in [-0.1, -0.05) is 0 Å². The lowest BCUT2D eigenvalue weighted by molar-refractivity contribution is -0.385. The molecule has 2 N–H and O–H groups in total. The van der Waals surface area contributed by atoms with Crippen LogP contribution in [0.2, 0.25) is 0 Å². The van der Waals surface area contributed by atoms with Crippen molar-refractivity contribution in [3.8, 4) is 17.6 Å². The minimum atomic E-state index is -0.713. The van der Waals surface area contributed by atoms with Crippen LogP contribution >= 0.6 is 0 Å². The number of nitro benzene ring substituents is 1. The average molecular weight is 235 g/mol. The monoisotopic (exact) mass is 235 g/mol. The van der Waals surface area contributed by atoms with Gasteiger partial charge in [0.15, 0.2) is 11.5 Å². The topological polar surface area (TPSA) is 111 Å². The van der Waals surface area contributed by atoms with Gasteiger partial charge in [-0.15, -0.1) is 0 Å². The standard InChI is InChI=1S/C10H9N3O4/c11-2-1-7(12)6-3-9-10(17-5-16-9)4-8(6)13(14)15/h3-4,7H,1,5,12H2/t7-/m1/s1. The Bertz CT molecular complexity index is 509. The highest BCUT2D eigenvalue weighted by Gasteiger charge is 2.26. The number of hydrogen-bond donors (Lipinski definition) is 1. The molecule has 17 heavy (non-hydrogen) atoms. The summed E-state index contributed by atoms with van der Waals surface area (Å²) in [7, 11) is 0. The van der Waals surface area contributed by atoms with Gasteiger partial charge < -0.3 is 15.2 Å². The van der Waals surface area contributed by atoms with Crippen LogP contribution in [0.1, 0.15) is 18.0 Å². The maximum Gasteiger partial charge on any atom is 0.278 e. The number of fused-ring (bicyclic) bond motifs is 1. The first-order valence-electron chi connectivity index (χ1n) is 4.84. The normalized spacial score (nSPS) is 14.1. The molecule has 2 rings (SSSR count). The summed E-state index contributed by atoms with van der Waals surface area (Å²) in [6.45, 7) is 0.0312. The Balaban J connectivity index is 2.49. The van der Waals surface area contributed by atoms with Crippen LogP contribution in [0.15, 0.2) is 12.1 Å². The molecule has 1 aliphatic rings. The molecule has 1 atom stereocenters. The molecule has 0 bridgehead atoms. The molecule has 0 saturated carbocycles. The van der Waals surface area contributed by atoms with E-state index in [4.69, 9.17) is 20.5 Å². The fraction of sp³-hybridized carbons (Fsp3) is 0.300. The van der Waals surface area contributed by atoms with Gasteiger partial charge in [-0.2, -0.15) is 5.26 Å². The number of hydrogen-bond acceptors (Lipinski definition) is 6. The lowest BCUT2D eigenvalue weighted by atomic mass is 10.0. The lowest BCUT2D eigenvalue weighted by Gasteiger charge is -2.09. The van der Waals surface area contributed by atoms with E-state index >= 15 is 0 Å². The maximum absolute atomic E-state index is 10.9. The second-order valence-electron chi connectivity index (χ2n) is 3.49. The van der Waals surface area contributed by atoms with E-state index in [2.05, 4.69) is 0 Å². The SMILES string of the molecule is N#CC[C@@H](N)c1cc2c(cc1[N+](=O)[O-])OCO2. The Kier molecular flexibility index (Phi) is 2.80. The van der Waals surface area contributed by atoms with Gasteiger partial charge in [0.25, 0.3) is 5.69 Å². The number of nitrogens with two attached hydrogens (primary N) is 1. The van der Waals surface area contributed by atoms with Gasteiger partial charge in [-0.25, -0.2) is 0 Å². The summed E-state index contributed by atoms with van der Waals surface area (Å²) in [4.78, 5) is 10.4. The first-order chi connectivity index (χ1) is 8.13. The molecule has 0 aliphatic carbocycles. The van der Waals surface area contributed by atoms with Gasteiger partial charge in [0.2, 0.25) is 6.79 Å². The number of nitro groups is 1. The molecule has 7 nitrogen and oxygen atoms in total. The number of rotatable bonds is 3. The van der Waals surface area contributed by atoms with Crippen LogP contribution in [-0.4, -0.2) is 11.7 Å². The smallest absolute Gasteiger partial charge is 0.278 e. The molecular formula is C10H9N3O4. The molecular weight excluding hydrogens is 226 g/mol. The largest absolute Gasteiger partial charge is 0.454 e. The fourth-order valence-corrected chi connectivity index (χ4v) is 1.61. The Morgan fingerprint density at radius 2 is 2.18 bits per heavy atom. The van der Waals surface area contributed by atoms with Crippen LogP contribution in [0, 0.1) is 21.4 Å². The second-order valence-corrected chi connectivity index (χ2v) is 3.49. The molecule has 0 unspecified atom stereocenters. The van der Waals surface area contributed by atoms with E-state index in [1.165, 1.54) is 12.1 Å². The summed E-state index contributed by atoms with van der Waals surface area (Å²) in [5, 5.41) is 19.5. The number of nitriles is 1. The van der Waals surface area contributed by atoms with Gasteiger partial charge >= 0.3 is 0 Å². The Hall–Kier alpha value is -2.33. The first kappa shape index (κ1) is 11.2. The van der Waals surface area contributed by atoms with Crippen LogP contribution in [0.25, 0.3) is 0 Å². The molecule has 0 fully saturated rings. The minimum Gasteiger partial charge on any atom is -0.454 e. The van der Waals surface area contributed by atoms with Crippen molar-refractivity contribution in [2.45, 2.75) is 12.5 Å². The highest BCUT2D eigenvalue weighted by atomic mass is 16.7. The molecule has 0 saturated heterocycles. The van der Waals surface area contributed by atoms with Crippen LogP contribution in [-0.2, 0) is 0 Å². The van der Waals surface area contributed by atoms with Crippen molar-refractivity contribution >= 4 is 5.69 Å². The third-order valence-electron chi connectivity index (χ3n) is 2.43. The van der Waals surface area contributed by atoms with Crippen LogP contribution in [0.5, 0.6) is 11.5 Å². The van der Waals surface area contributed by atoms with Crippen molar-refractivity contribution in [2.75, 3.05) is 6.79 Å². The maximum atomic E-state index is 10.9. The summed E-state index contributed by atoms with van der Waals surface area (Å²) in [5.74, 6) is 0.739. The molecule has 88 valence electrons. The first-order valence-corrected chi connectivity index (χ1v) is 4.84. The van der Waals surface area contributed by atoms with Gasteiger partial charge in [0.1, 0.15) is 0 Å². The van der Waals surface area contributed by atoms with Crippen molar-refractivity contribution in [1.82, 2.24) is 0 Å². The lowest BCUT2D eigenvalue weighted by Crippen LogP contribution is -2.11. The molecule has 7 heteroatoms. The van der Waals surface area contributed by atoms with Gasteiger partial charge in [0.05, 0.1) is 29.0 Å². The van der Waals surface area contributed by atoms with E-state index in [1.54, 1.807) is 0 Å². The highest BCUT2D eigenvalue weighted by molar-refractivity contribution is 5.56. The summed E-state index contributed by atoms with van der Waals surface area (Å²) in [6, 6.07) is 3.90. The fourth-order valence-electron chi connectivity index (χ4n) is 1.61. The van der Waals surface area contributed by atoms with Crippen molar-refractivity contribution in [1.29, 1.82) is 5.26 Å². The number of benzene rings is 1. The average Bonchev–Trinajstić information content (AvgIpc) is 2.74. The molecule has 0 amide bonds. The van der Waals surface area contributed by atoms with Crippen molar-refractivity contribution in [3.63, 3.8) is 0 Å². The number of nitrogens with zero attached hydrogens (tertiary/aromatic N) is 2. The van der Waals surface area contributed by atoms with Crippen molar-refractivity contribution in [3.05, 3.63) is 27.8 Å². The minimum absolute atomic E-state index is 0.000480. The zero-order valence-electron chi connectivity index (χ0n) is 8.75. The van der Waals surface area contributed by atoms with Gasteiger partial charge in [-0.3, -0.25) is 10.1 Å². The summed E-state index contributed by atoms with van der Waals surface area (Å²) in [6.07, 6.45) is 0.000480. The van der Waals surface area contributed by atoms with E-state index < -0.39 is 11.0 Å². The predicted octanol–water partition coefficient (Wildman–Crippen LogP) is 1.24. The Labute approximate surface area is 96.5 Å². The zero-order valence-corrected chi connectivity index (χ0v) is 8.75. The van der Waals surface area contributed by atoms with E-state index in [0.29, 0.717) is 11.5 Å². The molecule has 0 spiro atoms. The summed E-state index contributed by atoms with van der Waals surface area (Å²) < 4.78 is 10.2. The molecule has 1 aromatic carbocycles. The molecule has 0 aromatic heterocycles. The van der Waals surface area contributed by atoms with E-state index in [0.717, 1.165) is 0 Å².